The Kier molecular flexibility index (Phi) is 3.80. The van der Waals surface area contributed by atoms with E-state index in [-0.39, 0.29) is 18.0 Å². The molecule has 0 spiro atoms. The Bertz CT molecular complexity index is 250. The molecule has 1 rings (SSSR count). The van der Waals surface area contributed by atoms with Crippen molar-refractivity contribution in [1.29, 1.82) is 0 Å². The number of hydrogen-bond acceptors (Lipinski definition) is 3. The van der Waals surface area contributed by atoms with Gasteiger partial charge in [0.1, 0.15) is 6.54 Å². The van der Waals surface area contributed by atoms with Gasteiger partial charge in [-0.05, 0) is 20.8 Å². The maximum atomic E-state index is 11.1. The van der Waals surface area contributed by atoms with Crippen molar-refractivity contribution in [2.45, 2.75) is 26.3 Å². The Balaban J connectivity index is 2.36. The molecule has 0 radical (unpaired) electrons. The third kappa shape index (κ3) is 3.57. The van der Waals surface area contributed by atoms with Crippen LogP contribution in [-0.4, -0.2) is 35.5 Å². The van der Waals surface area contributed by atoms with Gasteiger partial charge in [-0.1, -0.05) is 11.8 Å². The van der Waals surface area contributed by atoms with Gasteiger partial charge in [0.15, 0.2) is 5.17 Å². The molecule has 14 heavy (non-hydrogen) atoms. The van der Waals surface area contributed by atoms with Gasteiger partial charge >= 0.3 is 0 Å². The third-order valence-corrected chi connectivity index (χ3v) is 3.13. The van der Waals surface area contributed by atoms with Gasteiger partial charge in [-0.25, -0.2) is 0 Å². The summed E-state index contributed by atoms with van der Waals surface area (Å²) in [5.41, 5.74) is 0.102. The summed E-state index contributed by atoms with van der Waals surface area (Å²) in [7, 11) is 0. The van der Waals surface area contributed by atoms with E-state index in [0.717, 1.165) is 10.9 Å². The van der Waals surface area contributed by atoms with Crippen LogP contribution in [0.3, 0.4) is 0 Å². The van der Waals surface area contributed by atoms with E-state index < -0.39 is 0 Å². The van der Waals surface area contributed by atoms with Crippen molar-refractivity contribution < 1.29 is 4.79 Å². The second-order valence-electron chi connectivity index (χ2n) is 3.87. The van der Waals surface area contributed by atoms with Crippen LogP contribution in [0.25, 0.3) is 0 Å². The number of amidine groups is 1. The molecular formula is C9H17N3OS. The Morgan fingerprint density at radius 3 is 2.93 bits per heavy atom. The molecule has 1 amide bonds. The lowest BCUT2D eigenvalue weighted by molar-refractivity contribution is -0.119. The first-order valence-corrected chi connectivity index (χ1v) is 5.74. The minimum Gasteiger partial charge on any atom is -0.359 e. The highest BCUT2D eigenvalue weighted by molar-refractivity contribution is 8.14. The molecule has 80 valence electrons. The number of rotatable bonds is 3. The fourth-order valence-electron chi connectivity index (χ4n) is 1.09. The van der Waals surface area contributed by atoms with Crippen LogP contribution in [0.4, 0.5) is 0 Å². The molecule has 5 heteroatoms. The van der Waals surface area contributed by atoms with Crippen LogP contribution in [0, 0.1) is 0 Å². The molecule has 0 aromatic carbocycles. The highest BCUT2D eigenvalue weighted by Crippen LogP contribution is 2.21. The minimum absolute atomic E-state index is 0.0212. The Morgan fingerprint density at radius 1 is 1.71 bits per heavy atom. The molecule has 0 aromatic heterocycles. The number of hydrogen-bond donors (Lipinski definition) is 2. The topological polar surface area (TPSA) is 53.5 Å². The number of likely N-dealkylation sites (N-methyl/N-ethyl adjacent to an activating group) is 1. The van der Waals surface area contributed by atoms with E-state index in [9.17, 15) is 4.79 Å². The lowest BCUT2D eigenvalue weighted by Gasteiger charge is -2.15. The SMILES string of the molecule is CCNC(=O)CN=C1NC(C)(C)CS1. The van der Waals surface area contributed by atoms with Gasteiger partial charge in [0.05, 0.1) is 0 Å². The van der Waals surface area contributed by atoms with Crippen LogP contribution < -0.4 is 10.6 Å². The van der Waals surface area contributed by atoms with E-state index in [1.807, 2.05) is 6.92 Å². The number of amides is 1. The molecule has 1 aliphatic heterocycles. The monoisotopic (exact) mass is 215 g/mol. The van der Waals surface area contributed by atoms with Crippen LogP contribution >= 0.6 is 11.8 Å². The zero-order chi connectivity index (χ0) is 10.6. The fourth-order valence-corrected chi connectivity index (χ4v) is 2.17. The van der Waals surface area contributed by atoms with E-state index in [1.165, 1.54) is 0 Å². The largest absolute Gasteiger partial charge is 0.359 e. The van der Waals surface area contributed by atoms with Gasteiger partial charge in [-0.15, -0.1) is 0 Å². The predicted octanol–water partition coefficient (Wildman–Crippen LogP) is 0.593. The van der Waals surface area contributed by atoms with Gasteiger partial charge < -0.3 is 10.6 Å². The Morgan fingerprint density at radius 2 is 2.43 bits per heavy atom. The summed E-state index contributed by atoms with van der Waals surface area (Å²) in [4.78, 5) is 15.3. The maximum Gasteiger partial charge on any atom is 0.241 e. The quantitative estimate of drug-likeness (QED) is 0.724. The summed E-state index contributed by atoms with van der Waals surface area (Å²) in [6, 6.07) is 0. The molecule has 2 N–H and O–H groups in total. The predicted molar refractivity (Wildman–Crippen MR) is 60.7 cm³/mol. The number of thioether (sulfide) groups is 1. The first kappa shape index (κ1) is 11.4. The number of aliphatic imine (C=N–C) groups is 1. The molecule has 4 nitrogen and oxygen atoms in total. The number of carbonyl (C=O) groups excluding carboxylic acids is 1. The van der Waals surface area contributed by atoms with Gasteiger partial charge in [0, 0.05) is 17.8 Å². The van der Waals surface area contributed by atoms with Gasteiger partial charge in [0.25, 0.3) is 0 Å². The highest BCUT2D eigenvalue weighted by Gasteiger charge is 2.27. The fraction of sp³-hybridized carbons (Fsp3) is 0.778. The number of nitrogens with one attached hydrogen (secondary N) is 2. The van der Waals surface area contributed by atoms with Crippen molar-refractivity contribution in [1.82, 2.24) is 10.6 Å². The van der Waals surface area contributed by atoms with Crippen molar-refractivity contribution in [2.24, 2.45) is 4.99 Å². The smallest absolute Gasteiger partial charge is 0.241 e. The summed E-state index contributed by atoms with van der Waals surface area (Å²) < 4.78 is 0. The summed E-state index contributed by atoms with van der Waals surface area (Å²) in [5.74, 6) is 0.980. The number of carbonyl (C=O) groups is 1. The molecule has 0 aromatic rings. The molecule has 0 saturated carbocycles. The molecule has 1 heterocycles. The average molecular weight is 215 g/mol. The first-order valence-electron chi connectivity index (χ1n) is 4.75. The van der Waals surface area contributed by atoms with E-state index >= 15 is 0 Å². The summed E-state index contributed by atoms with van der Waals surface area (Å²) in [6.07, 6.45) is 0. The first-order chi connectivity index (χ1) is 6.53. The van der Waals surface area contributed by atoms with Crippen LogP contribution in [-0.2, 0) is 4.79 Å². The lowest BCUT2D eigenvalue weighted by atomic mass is 10.1. The van der Waals surface area contributed by atoms with Crippen molar-refractivity contribution in [3.05, 3.63) is 0 Å². The second kappa shape index (κ2) is 4.68. The van der Waals surface area contributed by atoms with Crippen molar-refractivity contribution in [3.8, 4) is 0 Å². The third-order valence-electron chi connectivity index (χ3n) is 1.76. The normalized spacial score (nSPS) is 22.1. The van der Waals surface area contributed by atoms with E-state index in [4.69, 9.17) is 0 Å². The summed E-state index contributed by atoms with van der Waals surface area (Å²) >= 11 is 1.67. The summed E-state index contributed by atoms with van der Waals surface area (Å²) in [5, 5.41) is 6.84. The van der Waals surface area contributed by atoms with E-state index in [2.05, 4.69) is 29.5 Å². The summed E-state index contributed by atoms with van der Waals surface area (Å²) in [6.45, 7) is 7.02. The molecule has 1 saturated heterocycles. The van der Waals surface area contributed by atoms with Crippen molar-refractivity contribution in [3.63, 3.8) is 0 Å². The van der Waals surface area contributed by atoms with Gasteiger partial charge in [-0.3, -0.25) is 9.79 Å². The van der Waals surface area contributed by atoms with Crippen LogP contribution in [0.15, 0.2) is 4.99 Å². The molecule has 0 aliphatic carbocycles. The minimum atomic E-state index is -0.0212. The molecular weight excluding hydrogens is 198 g/mol. The lowest BCUT2D eigenvalue weighted by Crippen LogP contribution is -2.37. The average Bonchev–Trinajstić information content (AvgIpc) is 2.43. The van der Waals surface area contributed by atoms with Crippen LogP contribution in [0.5, 0.6) is 0 Å². The zero-order valence-corrected chi connectivity index (χ0v) is 9.70. The molecule has 0 atom stereocenters. The zero-order valence-electron chi connectivity index (χ0n) is 8.89. The van der Waals surface area contributed by atoms with E-state index in [0.29, 0.717) is 6.54 Å². The van der Waals surface area contributed by atoms with Gasteiger partial charge in [-0.2, -0.15) is 0 Å². The molecule has 0 unspecified atom stereocenters. The molecule has 1 aliphatic rings. The Labute approximate surface area is 88.9 Å². The maximum absolute atomic E-state index is 11.1. The van der Waals surface area contributed by atoms with Crippen molar-refractivity contribution >= 4 is 22.8 Å². The van der Waals surface area contributed by atoms with Crippen LogP contribution in [0.1, 0.15) is 20.8 Å². The van der Waals surface area contributed by atoms with Gasteiger partial charge in [0.2, 0.25) is 5.91 Å². The number of nitrogens with zero attached hydrogens (tertiary/aromatic N) is 1. The highest BCUT2D eigenvalue weighted by atomic mass is 32.2. The second-order valence-corrected chi connectivity index (χ2v) is 4.84. The van der Waals surface area contributed by atoms with E-state index in [1.54, 1.807) is 11.8 Å². The Hall–Kier alpha value is -0.710. The standard InChI is InChI=1S/C9H17N3OS/c1-4-10-7(13)5-11-8-12-9(2,3)6-14-8/h4-6H2,1-3H3,(H,10,13)(H,11,12). The van der Waals surface area contributed by atoms with Crippen LogP contribution in [0.2, 0.25) is 0 Å². The van der Waals surface area contributed by atoms with Crippen molar-refractivity contribution in [2.75, 3.05) is 18.8 Å². The molecule has 1 fully saturated rings. The molecule has 0 bridgehead atoms.